The molecule has 56 heavy (non-hydrogen) atoms. The van der Waals surface area contributed by atoms with Crippen molar-refractivity contribution in [3.05, 3.63) is 118 Å². The maximum Gasteiger partial charge on any atom is 0.169 e. The van der Waals surface area contributed by atoms with Gasteiger partial charge in [-0.25, -0.2) is 9.13 Å². The molecule has 0 bridgehead atoms. The topological polar surface area (TPSA) is 14.2 Å². The Morgan fingerprint density at radius 3 is 1.05 bits per heavy atom. The molecule has 4 aliphatic heterocycles. The van der Waals surface area contributed by atoms with Crippen LogP contribution < -0.4 is 18.9 Å². The molecule has 8 rings (SSSR count). The van der Waals surface area contributed by atoms with E-state index in [-0.39, 0.29) is 21.7 Å². The smallest absolute Gasteiger partial charge is 0.169 e. The lowest BCUT2D eigenvalue weighted by atomic mass is 9.69. The highest BCUT2D eigenvalue weighted by molar-refractivity contribution is 8.76. The van der Waals surface area contributed by atoms with E-state index >= 15 is 0 Å². The fraction of sp³-hybridized carbons (Fsp3) is 0.480. The molecule has 6 heteroatoms. The lowest BCUT2D eigenvalue weighted by Gasteiger charge is -2.48. The summed E-state index contributed by atoms with van der Waals surface area (Å²) in [5, 5.41) is 0. The van der Waals surface area contributed by atoms with Crippen molar-refractivity contribution < 1.29 is 9.13 Å². The first-order valence-corrected chi connectivity index (χ1v) is 23.6. The van der Waals surface area contributed by atoms with Crippen LogP contribution in [0.5, 0.6) is 0 Å². The number of hydrogen-bond acceptors (Lipinski definition) is 4. The third kappa shape index (κ3) is 8.12. The first kappa shape index (κ1) is 39.4. The number of aryl methyl sites for hydroxylation is 2. The van der Waals surface area contributed by atoms with Crippen molar-refractivity contribution in [1.29, 1.82) is 0 Å². The second kappa shape index (κ2) is 15.4. The van der Waals surface area contributed by atoms with Gasteiger partial charge in [-0.15, -0.1) is 0 Å². The van der Waals surface area contributed by atoms with Crippen LogP contribution in [0, 0.1) is 0 Å². The predicted molar refractivity (Wildman–Crippen MR) is 244 cm³/mol. The average Bonchev–Trinajstić information content (AvgIpc) is 3.17. The van der Waals surface area contributed by atoms with Gasteiger partial charge in [0.2, 0.25) is 0 Å². The monoisotopic (exact) mass is 784 g/mol. The predicted octanol–water partition coefficient (Wildman–Crippen LogP) is 11.0. The molecule has 0 atom stereocenters. The number of nitrogens with zero attached hydrogens (tertiary/aromatic N) is 4. The van der Waals surface area contributed by atoms with Gasteiger partial charge in [-0.2, -0.15) is 0 Å². The van der Waals surface area contributed by atoms with E-state index in [1.165, 1.54) is 108 Å². The van der Waals surface area contributed by atoms with Gasteiger partial charge in [0, 0.05) is 61.8 Å². The second-order valence-electron chi connectivity index (χ2n) is 19.5. The molecule has 294 valence electrons. The van der Waals surface area contributed by atoms with E-state index in [2.05, 4.69) is 172 Å². The molecule has 4 aromatic rings. The summed E-state index contributed by atoms with van der Waals surface area (Å²) < 4.78 is 4.62. The van der Waals surface area contributed by atoms with E-state index in [0.29, 0.717) is 0 Å². The summed E-state index contributed by atoms with van der Waals surface area (Å²) in [5.74, 6) is 2.19. The fourth-order valence-corrected chi connectivity index (χ4v) is 11.3. The van der Waals surface area contributed by atoms with Crippen LogP contribution in [0.4, 0.5) is 11.4 Å². The van der Waals surface area contributed by atoms with Gasteiger partial charge in [0.25, 0.3) is 0 Å². The molecule has 4 nitrogen and oxygen atoms in total. The standard InChI is InChI=1S/C50H64N4S2/c1-47(2)17-25-53-26-18-48(3,4)42-34-39(33-41(47)45(42)53)11-9-37-13-21-51(22-14-37)29-31-55-56-32-30-52-23-15-38(16-24-52)10-12-40-35-43-46-44(36-40)50(7,8)20-28-54(46)27-19-49(43,5)6/h9-16,21-24,33-36H,17-20,25-32H2,1-8H3/q+2. The zero-order chi connectivity index (χ0) is 39.3. The first-order chi connectivity index (χ1) is 26.7. The van der Waals surface area contributed by atoms with E-state index < -0.39 is 0 Å². The number of rotatable bonds is 11. The molecule has 4 aliphatic rings. The maximum absolute atomic E-state index is 2.65. The molecule has 0 fully saturated rings. The lowest BCUT2D eigenvalue weighted by molar-refractivity contribution is -0.692. The van der Waals surface area contributed by atoms with Gasteiger partial charge in [0.15, 0.2) is 37.9 Å². The van der Waals surface area contributed by atoms with Crippen molar-refractivity contribution in [3.8, 4) is 0 Å². The Labute approximate surface area is 345 Å². The molecule has 0 aliphatic carbocycles. The first-order valence-electron chi connectivity index (χ1n) is 21.2. The number of anilines is 2. The van der Waals surface area contributed by atoms with Crippen LogP contribution in [-0.4, -0.2) is 37.7 Å². The molecule has 0 saturated heterocycles. The van der Waals surface area contributed by atoms with Crippen molar-refractivity contribution in [2.45, 2.75) is 116 Å². The molecule has 6 heterocycles. The molecule has 0 saturated carbocycles. The number of pyridine rings is 2. The number of hydrogen-bond donors (Lipinski definition) is 0. The Morgan fingerprint density at radius 2 is 0.750 bits per heavy atom. The molecular weight excluding hydrogens is 721 g/mol. The van der Waals surface area contributed by atoms with Crippen LogP contribution in [0.1, 0.15) is 126 Å². The maximum atomic E-state index is 2.65. The van der Waals surface area contributed by atoms with Gasteiger partial charge >= 0.3 is 0 Å². The molecule has 0 unspecified atom stereocenters. The third-order valence-electron chi connectivity index (χ3n) is 13.6. The largest absolute Gasteiger partial charge is 0.371 e. The third-order valence-corrected chi connectivity index (χ3v) is 15.9. The molecule has 0 N–H and O–H groups in total. The summed E-state index contributed by atoms with van der Waals surface area (Å²) in [7, 11) is 3.95. The highest BCUT2D eigenvalue weighted by Gasteiger charge is 2.41. The average molecular weight is 785 g/mol. The van der Waals surface area contributed by atoms with Gasteiger partial charge < -0.3 is 9.80 Å². The van der Waals surface area contributed by atoms with Crippen LogP contribution in [0.15, 0.2) is 73.3 Å². The van der Waals surface area contributed by atoms with Crippen molar-refractivity contribution in [1.82, 2.24) is 0 Å². The van der Waals surface area contributed by atoms with E-state index in [0.717, 1.165) is 24.6 Å². The van der Waals surface area contributed by atoms with Crippen molar-refractivity contribution in [2.24, 2.45) is 0 Å². The Kier molecular flexibility index (Phi) is 10.8. The molecular formula is C50H64N4S2+2. The van der Waals surface area contributed by atoms with Gasteiger partial charge in [0.1, 0.15) is 0 Å². The van der Waals surface area contributed by atoms with Crippen LogP contribution in [0.25, 0.3) is 24.3 Å². The van der Waals surface area contributed by atoms with Gasteiger partial charge in [0.05, 0.1) is 11.5 Å². The molecule has 2 aromatic heterocycles. The minimum atomic E-state index is 0.215. The molecule has 0 radical (unpaired) electrons. The van der Waals surface area contributed by atoms with Crippen LogP contribution in [0.2, 0.25) is 0 Å². The summed E-state index contributed by atoms with van der Waals surface area (Å²) in [6, 6.07) is 18.9. The quantitative estimate of drug-likeness (QED) is 0.0854. The zero-order valence-electron chi connectivity index (χ0n) is 35.3. The van der Waals surface area contributed by atoms with Crippen molar-refractivity contribution in [3.63, 3.8) is 0 Å². The van der Waals surface area contributed by atoms with Crippen LogP contribution >= 0.6 is 21.6 Å². The summed E-state index contributed by atoms with van der Waals surface area (Å²) >= 11 is 0. The highest BCUT2D eigenvalue weighted by atomic mass is 33.1. The van der Waals surface area contributed by atoms with Crippen molar-refractivity contribution in [2.75, 3.05) is 47.5 Å². The lowest BCUT2D eigenvalue weighted by Crippen LogP contribution is -2.44. The number of aromatic nitrogens is 2. The number of benzene rings is 2. The summed E-state index contributed by atoms with van der Waals surface area (Å²) in [6.45, 7) is 26.2. The van der Waals surface area contributed by atoms with E-state index in [1.807, 2.05) is 21.6 Å². The minimum Gasteiger partial charge on any atom is -0.371 e. The Bertz CT molecular complexity index is 1890. The highest BCUT2D eigenvalue weighted by Crippen LogP contribution is 2.51. The Morgan fingerprint density at radius 1 is 0.464 bits per heavy atom. The summed E-state index contributed by atoms with van der Waals surface area (Å²) in [4.78, 5) is 5.30. The van der Waals surface area contributed by atoms with Gasteiger partial charge in [-0.3, -0.25) is 0 Å². The SMILES string of the molecule is CC1(C)CCN2CCC(C)(C)c3cc(/C=C/c4cc[n+](CCSSCC[n+]5ccc(/C=C/c6cc7c8c(c6)C(C)(C)CCN8CCC7(C)C)cc5)cc4)cc1c32. The Hall–Kier alpha value is -3.48. The van der Waals surface area contributed by atoms with E-state index in [9.17, 15) is 0 Å². The van der Waals surface area contributed by atoms with Crippen molar-refractivity contribution >= 4 is 57.3 Å². The summed E-state index contributed by atoms with van der Waals surface area (Å²) in [6.07, 6.45) is 23.0. The van der Waals surface area contributed by atoms with E-state index in [4.69, 9.17) is 0 Å². The molecule has 0 amide bonds. The van der Waals surface area contributed by atoms with Crippen LogP contribution in [-0.2, 0) is 34.7 Å². The normalized spacial score (nSPS) is 20.0. The fourth-order valence-electron chi connectivity index (χ4n) is 9.36. The van der Waals surface area contributed by atoms with Gasteiger partial charge in [-0.05, 0) is 116 Å². The summed E-state index contributed by atoms with van der Waals surface area (Å²) in [5.41, 5.74) is 15.2. The van der Waals surface area contributed by atoms with E-state index in [1.54, 1.807) is 0 Å². The second-order valence-corrected chi connectivity index (χ2v) is 22.2. The van der Waals surface area contributed by atoms with Gasteiger partial charge in [-0.1, -0.05) is 101 Å². The molecule has 2 aromatic carbocycles. The molecule has 0 spiro atoms. The zero-order valence-corrected chi connectivity index (χ0v) is 37.0. The minimum absolute atomic E-state index is 0.215. The Balaban J connectivity index is 0.803. The van der Waals surface area contributed by atoms with Crippen LogP contribution in [0.3, 0.4) is 0 Å².